The average Bonchev–Trinajstić information content (AvgIpc) is 2.14. The Kier molecular flexibility index (Phi) is 4.08. The van der Waals surface area contributed by atoms with E-state index in [1.807, 2.05) is 32.9 Å². The van der Waals surface area contributed by atoms with Gasteiger partial charge in [-0.3, -0.25) is 0 Å². The van der Waals surface area contributed by atoms with Gasteiger partial charge in [0.25, 0.3) is 0 Å². The first-order valence-electron chi connectivity index (χ1n) is 5.14. The predicted octanol–water partition coefficient (Wildman–Crippen LogP) is 3.06. The van der Waals surface area contributed by atoms with Gasteiger partial charge in [0.05, 0.1) is 0 Å². The molecular weight excluding hydrogens is 177 g/mol. The van der Waals surface area contributed by atoms with E-state index in [1.165, 1.54) is 0 Å². The summed E-state index contributed by atoms with van der Waals surface area (Å²) >= 11 is 0. The fraction of sp³-hybridized carbons (Fsp3) is 0.500. The molecule has 1 rings (SSSR count). The second kappa shape index (κ2) is 5.11. The number of rotatable bonds is 4. The number of hydrogen-bond acceptors (Lipinski definition) is 1. The largest absolute Gasteiger partial charge is 0.313 e. The van der Waals surface area contributed by atoms with Gasteiger partial charge in [-0.2, -0.15) is 0 Å². The van der Waals surface area contributed by atoms with Crippen LogP contribution in [0.3, 0.4) is 0 Å². The van der Waals surface area contributed by atoms with Gasteiger partial charge in [0.1, 0.15) is 5.82 Å². The molecule has 0 radical (unpaired) electrons. The minimum absolute atomic E-state index is 0.0876. The molecule has 0 amide bonds. The van der Waals surface area contributed by atoms with E-state index in [4.69, 9.17) is 0 Å². The smallest absolute Gasteiger partial charge is 0.126 e. The molecule has 0 atom stereocenters. The summed E-state index contributed by atoms with van der Waals surface area (Å²) < 4.78 is 13.5. The van der Waals surface area contributed by atoms with Crippen LogP contribution in [0.1, 0.15) is 37.8 Å². The van der Waals surface area contributed by atoms with Crippen LogP contribution in [0.25, 0.3) is 0 Å². The van der Waals surface area contributed by atoms with E-state index in [0.717, 1.165) is 24.2 Å². The lowest BCUT2D eigenvalue weighted by atomic mass is 10.0. The first-order chi connectivity index (χ1) is 6.65. The van der Waals surface area contributed by atoms with Crippen molar-refractivity contribution in [3.05, 3.63) is 35.1 Å². The molecule has 0 aliphatic heterocycles. The molecule has 1 aromatic rings. The fourth-order valence-electron chi connectivity index (χ4n) is 1.42. The van der Waals surface area contributed by atoms with Gasteiger partial charge in [0.15, 0.2) is 0 Å². The maximum Gasteiger partial charge on any atom is 0.126 e. The molecule has 0 aliphatic carbocycles. The van der Waals surface area contributed by atoms with Crippen LogP contribution in [-0.4, -0.2) is 6.54 Å². The van der Waals surface area contributed by atoms with Crippen molar-refractivity contribution >= 4 is 0 Å². The van der Waals surface area contributed by atoms with Crippen molar-refractivity contribution in [2.75, 3.05) is 6.54 Å². The lowest BCUT2D eigenvalue weighted by molar-refractivity contribution is 0.593. The molecule has 0 aliphatic rings. The van der Waals surface area contributed by atoms with Gasteiger partial charge in [-0.05, 0) is 29.7 Å². The summed E-state index contributed by atoms with van der Waals surface area (Å²) in [6.07, 6.45) is 0. The second-order valence-corrected chi connectivity index (χ2v) is 3.79. The van der Waals surface area contributed by atoms with E-state index >= 15 is 0 Å². The normalized spacial score (nSPS) is 10.9. The topological polar surface area (TPSA) is 12.0 Å². The first kappa shape index (κ1) is 11.2. The first-order valence-corrected chi connectivity index (χ1v) is 5.14. The molecule has 0 bridgehead atoms. The molecule has 78 valence electrons. The highest BCUT2D eigenvalue weighted by atomic mass is 19.1. The van der Waals surface area contributed by atoms with Crippen molar-refractivity contribution in [1.29, 1.82) is 0 Å². The Morgan fingerprint density at radius 1 is 1.36 bits per heavy atom. The Morgan fingerprint density at radius 2 is 2.07 bits per heavy atom. The van der Waals surface area contributed by atoms with Gasteiger partial charge in [0.2, 0.25) is 0 Å². The molecular formula is C12H18FN. The zero-order valence-electron chi connectivity index (χ0n) is 9.10. The minimum atomic E-state index is -0.0876. The zero-order chi connectivity index (χ0) is 10.6. The third-order valence-corrected chi connectivity index (χ3v) is 2.27. The lowest BCUT2D eigenvalue weighted by Gasteiger charge is -2.09. The van der Waals surface area contributed by atoms with Crippen LogP contribution in [0, 0.1) is 5.82 Å². The molecule has 14 heavy (non-hydrogen) atoms. The van der Waals surface area contributed by atoms with Gasteiger partial charge >= 0.3 is 0 Å². The van der Waals surface area contributed by atoms with Crippen molar-refractivity contribution < 1.29 is 4.39 Å². The maximum absolute atomic E-state index is 13.5. The standard InChI is InChI=1S/C12H18FN/c1-4-14-8-10-5-6-11(9(2)3)12(13)7-10/h5-7,9,14H,4,8H2,1-3H3. The predicted molar refractivity (Wildman–Crippen MR) is 57.9 cm³/mol. The summed E-state index contributed by atoms with van der Waals surface area (Å²) in [7, 11) is 0. The quantitative estimate of drug-likeness (QED) is 0.778. The van der Waals surface area contributed by atoms with Gasteiger partial charge in [0, 0.05) is 6.54 Å². The van der Waals surface area contributed by atoms with E-state index in [1.54, 1.807) is 6.07 Å². The summed E-state index contributed by atoms with van der Waals surface area (Å²) in [6.45, 7) is 7.70. The summed E-state index contributed by atoms with van der Waals surface area (Å²) in [4.78, 5) is 0. The Balaban J connectivity index is 2.78. The highest BCUT2D eigenvalue weighted by molar-refractivity contribution is 5.26. The van der Waals surface area contributed by atoms with E-state index in [-0.39, 0.29) is 11.7 Å². The SMILES string of the molecule is CCNCc1ccc(C(C)C)c(F)c1. The fourth-order valence-corrected chi connectivity index (χ4v) is 1.42. The Morgan fingerprint density at radius 3 is 2.57 bits per heavy atom. The summed E-state index contributed by atoms with van der Waals surface area (Å²) in [5, 5.41) is 3.17. The van der Waals surface area contributed by atoms with Crippen molar-refractivity contribution in [1.82, 2.24) is 5.32 Å². The molecule has 2 heteroatoms. The van der Waals surface area contributed by atoms with Gasteiger partial charge in [-0.25, -0.2) is 4.39 Å². The van der Waals surface area contributed by atoms with E-state index in [9.17, 15) is 4.39 Å². The molecule has 0 heterocycles. The van der Waals surface area contributed by atoms with Gasteiger partial charge in [-0.1, -0.05) is 32.9 Å². The van der Waals surface area contributed by atoms with Crippen LogP contribution in [0.15, 0.2) is 18.2 Å². The number of halogens is 1. The Hall–Kier alpha value is -0.890. The van der Waals surface area contributed by atoms with Crippen LogP contribution in [-0.2, 0) is 6.54 Å². The van der Waals surface area contributed by atoms with Crippen LogP contribution in [0.2, 0.25) is 0 Å². The van der Waals surface area contributed by atoms with Gasteiger partial charge in [-0.15, -0.1) is 0 Å². The number of benzene rings is 1. The summed E-state index contributed by atoms with van der Waals surface area (Å²) in [5.41, 5.74) is 1.80. The van der Waals surface area contributed by atoms with Crippen LogP contribution in [0.5, 0.6) is 0 Å². The molecule has 1 N–H and O–H groups in total. The zero-order valence-corrected chi connectivity index (χ0v) is 9.10. The minimum Gasteiger partial charge on any atom is -0.313 e. The van der Waals surface area contributed by atoms with E-state index < -0.39 is 0 Å². The van der Waals surface area contributed by atoms with E-state index in [0.29, 0.717) is 0 Å². The Bertz CT molecular complexity index is 294. The van der Waals surface area contributed by atoms with Crippen LogP contribution >= 0.6 is 0 Å². The van der Waals surface area contributed by atoms with Crippen molar-refractivity contribution in [3.8, 4) is 0 Å². The number of hydrogen-bond donors (Lipinski definition) is 1. The van der Waals surface area contributed by atoms with E-state index in [2.05, 4.69) is 5.32 Å². The van der Waals surface area contributed by atoms with Crippen LogP contribution < -0.4 is 5.32 Å². The summed E-state index contributed by atoms with van der Waals surface area (Å²) in [5.74, 6) is 0.165. The van der Waals surface area contributed by atoms with Gasteiger partial charge < -0.3 is 5.32 Å². The van der Waals surface area contributed by atoms with Crippen molar-refractivity contribution in [3.63, 3.8) is 0 Å². The average molecular weight is 195 g/mol. The third-order valence-electron chi connectivity index (χ3n) is 2.27. The molecule has 0 saturated carbocycles. The maximum atomic E-state index is 13.5. The van der Waals surface area contributed by atoms with Crippen molar-refractivity contribution in [2.24, 2.45) is 0 Å². The second-order valence-electron chi connectivity index (χ2n) is 3.79. The van der Waals surface area contributed by atoms with Crippen LogP contribution in [0.4, 0.5) is 4.39 Å². The molecule has 0 fully saturated rings. The summed E-state index contributed by atoms with van der Waals surface area (Å²) in [6, 6.07) is 5.49. The Labute approximate surface area is 85.3 Å². The van der Waals surface area contributed by atoms with Crippen molar-refractivity contribution in [2.45, 2.75) is 33.2 Å². The molecule has 1 nitrogen and oxygen atoms in total. The molecule has 0 saturated heterocycles. The monoisotopic (exact) mass is 195 g/mol. The molecule has 1 aromatic carbocycles. The lowest BCUT2D eigenvalue weighted by Crippen LogP contribution is -2.12. The number of nitrogens with one attached hydrogen (secondary N) is 1. The molecule has 0 spiro atoms. The highest BCUT2D eigenvalue weighted by Crippen LogP contribution is 2.19. The molecule has 0 aromatic heterocycles. The highest BCUT2D eigenvalue weighted by Gasteiger charge is 2.06. The third kappa shape index (κ3) is 2.81. The molecule has 0 unspecified atom stereocenters.